The maximum atomic E-state index is 10.7. The Morgan fingerprint density at radius 3 is 2.56 bits per heavy atom. The van der Waals surface area contributed by atoms with Gasteiger partial charge in [-0.15, -0.1) is 6.58 Å². The molecule has 0 heterocycles. The average Bonchev–Trinajstić information content (AvgIpc) is 2.28. The highest BCUT2D eigenvalue weighted by molar-refractivity contribution is 5.52. The van der Waals surface area contributed by atoms with E-state index in [-0.39, 0.29) is 5.41 Å². The largest absolute Gasteiger partial charge is 0.234 e. The van der Waals surface area contributed by atoms with Crippen molar-refractivity contribution in [3.05, 3.63) is 30.4 Å². The molecule has 0 radical (unpaired) electrons. The van der Waals surface area contributed by atoms with Crippen molar-refractivity contribution in [1.29, 1.82) is 0 Å². The number of hydrogen-bond donors (Lipinski definition) is 0. The van der Waals surface area contributed by atoms with E-state index in [1.165, 1.54) is 5.57 Å². The molecule has 0 spiro atoms. The van der Waals surface area contributed by atoms with Crippen LogP contribution >= 0.6 is 0 Å². The third-order valence-electron chi connectivity index (χ3n) is 4.18. The molecule has 0 aromatic rings. The molecule has 0 aromatic heterocycles. The molecule has 88 valence electrons. The lowest BCUT2D eigenvalue weighted by atomic mass is 9.61. The van der Waals surface area contributed by atoms with Gasteiger partial charge in [-0.05, 0) is 50.4 Å². The SMILES string of the molecule is C=CC1(C)CCC(C(C)=C=O)CC1C(=C)C. The van der Waals surface area contributed by atoms with Crippen LogP contribution in [0.3, 0.4) is 0 Å². The molecule has 1 saturated carbocycles. The van der Waals surface area contributed by atoms with E-state index in [4.69, 9.17) is 0 Å². The molecule has 1 aliphatic rings. The van der Waals surface area contributed by atoms with Crippen molar-refractivity contribution in [2.45, 2.75) is 40.0 Å². The second-order valence-electron chi connectivity index (χ2n) is 5.37. The van der Waals surface area contributed by atoms with Gasteiger partial charge in [-0.2, -0.15) is 0 Å². The summed E-state index contributed by atoms with van der Waals surface area (Å²) in [6.45, 7) is 14.3. The average molecular weight is 218 g/mol. The first-order valence-corrected chi connectivity index (χ1v) is 5.95. The number of rotatable bonds is 3. The molecular weight excluding hydrogens is 196 g/mol. The maximum Gasteiger partial charge on any atom is 0.123 e. The zero-order chi connectivity index (χ0) is 12.3. The first-order valence-electron chi connectivity index (χ1n) is 5.95. The van der Waals surface area contributed by atoms with Gasteiger partial charge in [-0.3, -0.25) is 0 Å². The van der Waals surface area contributed by atoms with Crippen molar-refractivity contribution >= 4 is 5.94 Å². The van der Waals surface area contributed by atoms with E-state index in [1.807, 2.05) is 6.92 Å². The zero-order valence-corrected chi connectivity index (χ0v) is 10.7. The van der Waals surface area contributed by atoms with E-state index in [0.717, 1.165) is 24.8 Å². The topological polar surface area (TPSA) is 17.1 Å². The second-order valence-corrected chi connectivity index (χ2v) is 5.37. The van der Waals surface area contributed by atoms with Gasteiger partial charge in [0.15, 0.2) is 0 Å². The fourth-order valence-electron chi connectivity index (χ4n) is 2.82. The first kappa shape index (κ1) is 13.0. The molecule has 1 aliphatic carbocycles. The molecule has 3 atom stereocenters. The molecule has 1 rings (SSSR count). The van der Waals surface area contributed by atoms with Crippen LogP contribution in [0.25, 0.3) is 0 Å². The Morgan fingerprint density at radius 2 is 2.12 bits per heavy atom. The molecule has 0 aliphatic heterocycles. The summed E-state index contributed by atoms with van der Waals surface area (Å²) < 4.78 is 0. The van der Waals surface area contributed by atoms with Crippen LogP contribution in [-0.4, -0.2) is 5.94 Å². The minimum Gasteiger partial charge on any atom is -0.234 e. The van der Waals surface area contributed by atoms with Gasteiger partial charge < -0.3 is 0 Å². The van der Waals surface area contributed by atoms with Crippen LogP contribution in [0.2, 0.25) is 0 Å². The lowest BCUT2D eigenvalue weighted by Gasteiger charge is -2.43. The Morgan fingerprint density at radius 1 is 1.50 bits per heavy atom. The highest BCUT2D eigenvalue weighted by Gasteiger charge is 2.38. The normalized spacial score (nSPS) is 33.9. The van der Waals surface area contributed by atoms with E-state index in [1.54, 1.807) is 0 Å². The van der Waals surface area contributed by atoms with E-state index in [2.05, 4.69) is 39.0 Å². The Hall–Kier alpha value is -1.07. The minimum atomic E-state index is 0.144. The smallest absolute Gasteiger partial charge is 0.123 e. The van der Waals surface area contributed by atoms with Crippen molar-refractivity contribution in [2.24, 2.45) is 17.3 Å². The zero-order valence-electron chi connectivity index (χ0n) is 10.7. The monoisotopic (exact) mass is 218 g/mol. The summed E-state index contributed by atoms with van der Waals surface area (Å²) in [6.07, 6.45) is 5.21. The van der Waals surface area contributed by atoms with Crippen molar-refractivity contribution in [3.63, 3.8) is 0 Å². The van der Waals surface area contributed by atoms with Crippen molar-refractivity contribution < 1.29 is 4.79 Å². The Balaban J connectivity index is 2.93. The number of allylic oxidation sites excluding steroid dienone is 3. The Kier molecular flexibility index (Phi) is 3.93. The lowest BCUT2D eigenvalue weighted by molar-refractivity contribution is 0.170. The predicted octanol–water partition coefficient (Wildman–Crippen LogP) is 3.95. The predicted molar refractivity (Wildman–Crippen MR) is 68.8 cm³/mol. The van der Waals surface area contributed by atoms with E-state index in [0.29, 0.717) is 11.8 Å². The molecule has 0 N–H and O–H groups in total. The Labute approximate surface area is 98.9 Å². The number of carbonyl (C=O) groups excluding carboxylic acids is 1. The summed E-state index contributed by atoms with van der Waals surface area (Å²) in [5.74, 6) is 2.87. The summed E-state index contributed by atoms with van der Waals surface area (Å²) in [6, 6.07) is 0. The van der Waals surface area contributed by atoms with Crippen molar-refractivity contribution in [1.82, 2.24) is 0 Å². The molecule has 0 bridgehead atoms. The molecule has 0 amide bonds. The molecular formula is C15H22O. The second kappa shape index (κ2) is 4.84. The molecule has 1 nitrogen and oxygen atoms in total. The molecule has 1 fully saturated rings. The highest BCUT2D eigenvalue weighted by atomic mass is 16.1. The van der Waals surface area contributed by atoms with E-state index < -0.39 is 0 Å². The maximum absolute atomic E-state index is 10.7. The molecule has 0 saturated heterocycles. The van der Waals surface area contributed by atoms with Crippen LogP contribution in [0.5, 0.6) is 0 Å². The van der Waals surface area contributed by atoms with Crippen molar-refractivity contribution in [3.8, 4) is 0 Å². The van der Waals surface area contributed by atoms with Gasteiger partial charge in [0.25, 0.3) is 0 Å². The van der Waals surface area contributed by atoms with Gasteiger partial charge in [-0.1, -0.05) is 25.2 Å². The van der Waals surface area contributed by atoms with Gasteiger partial charge in [-0.25, -0.2) is 4.79 Å². The third-order valence-corrected chi connectivity index (χ3v) is 4.18. The summed E-state index contributed by atoms with van der Waals surface area (Å²) in [4.78, 5) is 10.7. The van der Waals surface area contributed by atoms with Gasteiger partial charge >= 0.3 is 0 Å². The van der Waals surface area contributed by atoms with Crippen LogP contribution in [0, 0.1) is 17.3 Å². The molecule has 0 aromatic carbocycles. The van der Waals surface area contributed by atoms with Gasteiger partial charge in [0.05, 0.1) is 0 Å². The van der Waals surface area contributed by atoms with Crippen LogP contribution in [0.15, 0.2) is 30.4 Å². The lowest BCUT2D eigenvalue weighted by Crippen LogP contribution is -2.33. The minimum absolute atomic E-state index is 0.144. The van der Waals surface area contributed by atoms with Crippen LogP contribution in [-0.2, 0) is 4.79 Å². The fraction of sp³-hybridized carbons (Fsp3) is 0.600. The Bertz CT molecular complexity index is 346. The van der Waals surface area contributed by atoms with Gasteiger partial charge in [0.1, 0.15) is 5.94 Å². The molecule has 1 heteroatoms. The van der Waals surface area contributed by atoms with Crippen LogP contribution in [0.4, 0.5) is 0 Å². The first-order chi connectivity index (χ1) is 7.44. The summed E-state index contributed by atoms with van der Waals surface area (Å²) in [7, 11) is 0. The highest BCUT2D eigenvalue weighted by Crippen LogP contribution is 2.48. The summed E-state index contributed by atoms with van der Waals surface area (Å²) in [5.41, 5.74) is 2.20. The third kappa shape index (κ3) is 2.36. The standard InChI is InChI=1S/C15H22O/c1-6-15(5)8-7-13(12(4)10-16)9-14(15)11(2)3/h6,13-14H,1-2,7-9H2,3-5H3. The van der Waals surface area contributed by atoms with E-state index in [9.17, 15) is 4.79 Å². The van der Waals surface area contributed by atoms with Crippen molar-refractivity contribution in [2.75, 3.05) is 0 Å². The van der Waals surface area contributed by atoms with Crippen LogP contribution < -0.4 is 0 Å². The molecule has 16 heavy (non-hydrogen) atoms. The summed E-state index contributed by atoms with van der Waals surface area (Å²) >= 11 is 0. The van der Waals surface area contributed by atoms with Gasteiger partial charge in [0, 0.05) is 5.57 Å². The van der Waals surface area contributed by atoms with Crippen LogP contribution in [0.1, 0.15) is 40.0 Å². The van der Waals surface area contributed by atoms with E-state index >= 15 is 0 Å². The van der Waals surface area contributed by atoms with Gasteiger partial charge in [0.2, 0.25) is 0 Å². The quantitative estimate of drug-likeness (QED) is 0.518. The number of hydrogen-bond acceptors (Lipinski definition) is 1. The fourth-order valence-corrected chi connectivity index (χ4v) is 2.82. The summed E-state index contributed by atoms with van der Waals surface area (Å²) in [5, 5.41) is 0. The molecule has 3 unspecified atom stereocenters.